The van der Waals surface area contributed by atoms with Gasteiger partial charge < -0.3 is 20.9 Å². The standard InChI is InChI=1S/C27H28ClN5O5S/c1-15(17-7-5-6-8-18(17)28)38-20-11-21(39-24(20)25(29)35)19-12-30-22-10-9-16(13-32(19)22)31-23(34)14-33(26(36)37)27(2,3)4/h5-13,15H,14H2,1-4H3,(H2,29,35)(H,31,34)(H,36,37)/t15-/m1/s1. The summed E-state index contributed by atoms with van der Waals surface area (Å²) in [7, 11) is 0. The molecule has 204 valence electrons. The van der Waals surface area contributed by atoms with Crippen LogP contribution in [-0.2, 0) is 4.79 Å². The Morgan fingerprint density at radius 1 is 1.23 bits per heavy atom. The third kappa shape index (κ3) is 6.15. The first kappa shape index (κ1) is 27.9. The fraction of sp³-hybridized carbons (Fsp3) is 0.259. The molecule has 12 heteroatoms. The van der Waals surface area contributed by atoms with Crippen LogP contribution in [0, 0.1) is 0 Å². The zero-order valence-corrected chi connectivity index (χ0v) is 23.3. The van der Waals surface area contributed by atoms with E-state index in [-0.39, 0.29) is 11.4 Å². The van der Waals surface area contributed by atoms with E-state index in [1.807, 2.05) is 25.1 Å². The van der Waals surface area contributed by atoms with Gasteiger partial charge in [-0.2, -0.15) is 0 Å². The highest BCUT2D eigenvalue weighted by Gasteiger charge is 2.28. The number of fused-ring (bicyclic) bond motifs is 1. The van der Waals surface area contributed by atoms with Crippen LogP contribution < -0.4 is 15.8 Å². The van der Waals surface area contributed by atoms with Crippen molar-refractivity contribution in [2.45, 2.75) is 39.3 Å². The molecule has 3 amide bonds. The van der Waals surface area contributed by atoms with Crippen LogP contribution in [0.5, 0.6) is 5.75 Å². The van der Waals surface area contributed by atoms with Crippen molar-refractivity contribution in [3.8, 4) is 16.3 Å². The molecule has 0 fully saturated rings. The summed E-state index contributed by atoms with van der Waals surface area (Å²) in [6.45, 7) is 6.65. The van der Waals surface area contributed by atoms with E-state index in [4.69, 9.17) is 22.1 Å². The number of nitrogens with one attached hydrogen (secondary N) is 1. The van der Waals surface area contributed by atoms with Crippen molar-refractivity contribution in [2.75, 3.05) is 11.9 Å². The summed E-state index contributed by atoms with van der Waals surface area (Å²) in [6, 6.07) is 12.4. The second kappa shape index (κ2) is 11.0. The van der Waals surface area contributed by atoms with Crippen LogP contribution in [0.15, 0.2) is 54.9 Å². The maximum atomic E-state index is 12.7. The second-order valence-electron chi connectivity index (χ2n) is 9.83. The van der Waals surface area contributed by atoms with E-state index in [2.05, 4.69) is 10.3 Å². The van der Waals surface area contributed by atoms with Crippen molar-refractivity contribution >= 4 is 52.2 Å². The average Bonchev–Trinajstić information content (AvgIpc) is 3.45. The normalized spacial score (nSPS) is 12.2. The summed E-state index contributed by atoms with van der Waals surface area (Å²) < 4.78 is 7.87. The molecule has 0 bridgehead atoms. The van der Waals surface area contributed by atoms with E-state index in [0.29, 0.717) is 32.7 Å². The number of thiophene rings is 1. The lowest BCUT2D eigenvalue weighted by Gasteiger charge is -2.32. The Labute approximate surface area is 234 Å². The number of amides is 3. The average molecular weight is 570 g/mol. The number of pyridine rings is 1. The lowest BCUT2D eigenvalue weighted by atomic mass is 10.1. The van der Waals surface area contributed by atoms with Gasteiger partial charge >= 0.3 is 6.09 Å². The van der Waals surface area contributed by atoms with Gasteiger partial charge in [0.1, 0.15) is 28.9 Å². The minimum absolute atomic E-state index is 0.249. The van der Waals surface area contributed by atoms with Gasteiger partial charge in [0.15, 0.2) is 0 Å². The summed E-state index contributed by atoms with van der Waals surface area (Å²) in [5.74, 6) is -0.786. The molecule has 0 aliphatic rings. The molecule has 0 saturated heterocycles. The summed E-state index contributed by atoms with van der Waals surface area (Å²) in [6.07, 6.45) is 1.69. The van der Waals surface area contributed by atoms with Crippen molar-refractivity contribution in [3.63, 3.8) is 0 Å². The number of carbonyl (C=O) groups is 3. The molecular weight excluding hydrogens is 542 g/mol. The highest BCUT2D eigenvalue weighted by Crippen LogP contribution is 2.39. The Hall–Kier alpha value is -4.09. The highest BCUT2D eigenvalue weighted by molar-refractivity contribution is 7.17. The second-order valence-corrected chi connectivity index (χ2v) is 11.3. The smallest absolute Gasteiger partial charge is 0.408 e. The fourth-order valence-electron chi connectivity index (χ4n) is 3.99. The van der Waals surface area contributed by atoms with Crippen LogP contribution in [0.1, 0.15) is 49.0 Å². The van der Waals surface area contributed by atoms with Gasteiger partial charge in [0.2, 0.25) is 5.91 Å². The number of primary amides is 1. The zero-order chi connectivity index (χ0) is 28.5. The minimum atomic E-state index is -1.19. The molecule has 0 spiro atoms. The number of rotatable bonds is 8. The molecule has 0 aliphatic heterocycles. The first-order chi connectivity index (χ1) is 18.3. The third-order valence-corrected chi connectivity index (χ3v) is 7.45. The van der Waals surface area contributed by atoms with E-state index in [1.54, 1.807) is 61.8 Å². The molecule has 1 aromatic carbocycles. The molecular formula is C27H28ClN5O5S. The van der Waals surface area contributed by atoms with Crippen molar-refractivity contribution in [3.05, 3.63) is 70.3 Å². The number of anilines is 1. The maximum absolute atomic E-state index is 12.7. The van der Waals surface area contributed by atoms with Crippen molar-refractivity contribution in [1.82, 2.24) is 14.3 Å². The van der Waals surface area contributed by atoms with Crippen molar-refractivity contribution in [1.29, 1.82) is 0 Å². The monoisotopic (exact) mass is 569 g/mol. The van der Waals surface area contributed by atoms with Crippen LogP contribution >= 0.6 is 22.9 Å². The van der Waals surface area contributed by atoms with Gasteiger partial charge in [0.25, 0.3) is 5.91 Å². The number of hydrogen-bond donors (Lipinski definition) is 3. The Morgan fingerprint density at radius 2 is 1.95 bits per heavy atom. The zero-order valence-electron chi connectivity index (χ0n) is 21.8. The van der Waals surface area contributed by atoms with Gasteiger partial charge in [-0.15, -0.1) is 11.3 Å². The molecule has 1 atom stereocenters. The van der Waals surface area contributed by atoms with Crippen LogP contribution in [0.4, 0.5) is 10.5 Å². The predicted molar refractivity (Wildman–Crippen MR) is 151 cm³/mol. The van der Waals surface area contributed by atoms with Crippen molar-refractivity contribution < 1.29 is 24.2 Å². The summed E-state index contributed by atoms with van der Waals surface area (Å²) in [5, 5.41) is 12.8. The van der Waals surface area contributed by atoms with Crippen LogP contribution in [-0.4, -0.2) is 49.4 Å². The molecule has 0 saturated carbocycles. The molecule has 0 unspecified atom stereocenters. The molecule has 4 rings (SSSR count). The minimum Gasteiger partial charge on any atom is -0.484 e. The topological polar surface area (TPSA) is 139 Å². The summed E-state index contributed by atoms with van der Waals surface area (Å²) in [4.78, 5) is 42.9. The quantitative estimate of drug-likeness (QED) is 0.250. The number of hydrogen-bond acceptors (Lipinski definition) is 6. The number of carbonyl (C=O) groups excluding carboxylic acids is 2. The molecule has 3 heterocycles. The van der Waals surface area contributed by atoms with E-state index in [9.17, 15) is 19.5 Å². The number of nitrogens with zero attached hydrogens (tertiary/aromatic N) is 3. The fourth-order valence-corrected chi connectivity index (χ4v) is 5.23. The number of carboxylic acid groups (broad SMARTS) is 1. The Balaban J connectivity index is 1.62. The molecule has 10 nitrogen and oxygen atoms in total. The number of benzene rings is 1. The lowest BCUT2D eigenvalue weighted by Crippen LogP contribution is -2.48. The largest absolute Gasteiger partial charge is 0.484 e. The summed E-state index contributed by atoms with van der Waals surface area (Å²) >= 11 is 7.48. The number of nitrogens with two attached hydrogens (primary N) is 1. The first-order valence-electron chi connectivity index (χ1n) is 12.0. The molecule has 3 aromatic heterocycles. The number of halogens is 1. The summed E-state index contributed by atoms with van der Waals surface area (Å²) in [5.41, 5.74) is 7.38. The molecule has 4 N–H and O–H groups in total. The van der Waals surface area contributed by atoms with Crippen LogP contribution in [0.2, 0.25) is 5.02 Å². The first-order valence-corrected chi connectivity index (χ1v) is 13.2. The van der Waals surface area contributed by atoms with E-state index < -0.39 is 29.6 Å². The maximum Gasteiger partial charge on any atom is 0.408 e. The van der Waals surface area contributed by atoms with Gasteiger partial charge in [-0.25, -0.2) is 9.78 Å². The number of aromatic nitrogens is 2. The SMILES string of the molecule is C[C@@H](Oc1cc(-c2cnc3ccc(NC(=O)CN(C(=O)O)C(C)(C)C)cn23)sc1C(N)=O)c1ccccc1Cl. The Morgan fingerprint density at radius 3 is 2.59 bits per heavy atom. The highest BCUT2D eigenvalue weighted by atomic mass is 35.5. The van der Waals surface area contributed by atoms with Crippen LogP contribution in [0.3, 0.4) is 0 Å². The Kier molecular flexibility index (Phi) is 7.84. The number of ether oxygens (including phenoxy) is 1. The van der Waals surface area contributed by atoms with E-state index in [1.165, 1.54) is 0 Å². The van der Waals surface area contributed by atoms with E-state index >= 15 is 0 Å². The Bertz CT molecular complexity index is 1560. The molecule has 0 radical (unpaired) electrons. The van der Waals surface area contributed by atoms with E-state index in [0.717, 1.165) is 21.8 Å². The van der Waals surface area contributed by atoms with Gasteiger partial charge in [0.05, 0.1) is 22.5 Å². The third-order valence-electron chi connectivity index (χ3n) is 5.95. The lowest BCUT2D eigenvalue weighted by molar-refractivity contribution is -0.118. The van der Waals surface area contributed by atoms with Crippen LogP contribution in [0.25, 0.3) is 16.2 Å². The van der Waals surface area contributed by atoms with Gasteiger partial charge in [-0.3, -0.25) is 18.9 Å². The van der Waals surface area contributed by atoms with Gasteiger partial charge in [0, 0.05) is 28.4 Å². The molecule has 39 heavy (non-hydrogen) atoms. The predicted octanol–water partition coefficient (Wildman–Crippen LogP) is 5.67. The number of imidazole rings is 1. The molecule has 0 aliphatic carbocycles. The van der Waals surface area contributed by atoms with Gasteiger partial charge in [-0.05, 0) is 45.9 Å². The van der Waals surface area contributed by atoms with Gasteiger partial charge in [-0.1, -0.05) is 29.8 Å². The molecule has 4 aromatic rings. The van der Waals surface area contributed by atoms with Crippen molar-refractivity contribution in [2.24, 2.45) is 5.73 Å².